The lowest BCUT2D eigenvalue weighted by Crippen LogP contribution is -2.25. The fourth-order valence-electron chi connectivity index (χ4n) is 2.35. The van der Waals surface area contributed by atoms with Crippen LogP contribution >= 0.6 is 0 Å². The van der Waals surface area contributed by atoms with Gasteiger partial charge in [-0.05, 0) is 19.1 Å². The number of hydrogen-bond donors (Lipinski definition) is 2. The summed E-state index contributed by atoms with van der Waals surface area (Å²) in [7, 11) is 0. The molecule has 116 valence electrons. The zero-order valence-corrected chi connectivity index (χ0v) is 13.0. The van der Waals surface area contributed by atoms with E-state index in [2.05, 4.69) is 46.5 Å². The topological polar surface area (TPSA) is 57.8 Å². The van der Waals surface area contributed by atoms with Gasteiger partial charge in [-0.15, -0.1) is 0 Å². The van der Waals surface area contributed by atoms with E-state index in [1.807, 2.05) is 24.4 Å². The van der Waals surface area contributed by atoms with E-state index in [9.17, 15) is 4.79 Å². The number of hydrogen-bond acceptors (Lipinski definition) is 2. The molecule has 0 fully saturated rings. The van der Waals surface area contributed by atoms with Crippen molar-refractivity contribution < 1.29 is 4.79 Å². The maximum absolute atomic E-state index is 12.0. The molecule has 4 heteroatoms. The third-order valence-electron chi connectivity index (χ3n) is 3.67. The van der Waals surface area contributed by atoms with Gasteiger partial charge < -0.3 is 10.3 Å². The molecule has 3 aromatic rings. The third kappa shape index (κ3) is 3.86. The van der Waals surface area contributed by atoms with Crippen LogP contribution in [0, 0.1) is 6.92 Å². The van der Waals surface area contributed by atoms with E-state index in [0.29, 0.717) is 12.1 Å². The highest BCUT2D eigenvalue weighted by molar-refractivity contribution is 5.94. The number of aromatic amines is 1. The largest absolute Gasteiger partial charge is 0.352 e. The molecule has 0 radical (unpaired) electrons. The molecule has 0 atom stereocenters. The van der Waals surface area contributed by atoms with Crippen molar-refractivity contribution in [2.24, 2.45) is 0 Å². The first-order valence-electron chi connectivity index (χ1n) is 7.66. The van der Waals surface area contributed by atoms with Gasteiger partial charge >= 0.3 is 0 Å². The maximum atomic E-state index is 12.0. The third-order valence-corrected chi connectivity index (χ3v) is 3.67. The highest BCUT2D eigenvalue weighted by Gasteiger charge is 2.06. The lowest BCUT2D eigenvalue weighted by atomic mass is 10.1. The molecule has 0 unspecified atom stereocenters. The van der Waals surface area contributed by atoms with E-state index in [0.717, 1.165) is 23.5 Å². The summed E-state index contributed by atoms with van der Waals surface area (Å²) in [4.78, 5) is 19.7. The molecule has 0 saturated carbocycles. The fraction of sp³-hybridized carbons (Fsp3) is 0.158. The van der Waals surface area contributed by atoms with Crippen LogP contribution in [0.5, 0.6) is 0 Å². The van der Waals surface area contributed by atoms with Crippen LogP contribution in [0.1, 0.15) is 21.6 Å². The van der Waals surface area contributed by atoms with Crippen LogP contribution in [0.2, 0.25) is 0 Å². The van der Waals surface area contributed by atoms with Crippen LogP contribution in [0.25, 0.3) is 11.4 Å². The second-order valence-corrected chi connectivity index (χ2v) is 5.49. The average Bonchev–Trinajstić information content (AvgIpc) is 3.05. The number of rotatable bonds is 5. The first kappa shape index (κ1) is 15.0. The van der Waals surface area contributed by atoms with Gasteiger partial charge in [0.2, 0.25) is 0 Å². The number of aryl methyl sites for hydroxylation is 1. The first-order chi connectivity index (χ1) is 11.2. The van der Waals surface area contributed by atoms with Crippen molar-refractivity contribution in [3.63, 3.8) is 0 Å². The molecule has 0 saturated heterocycles. The van der Waals surface area contributed by atoms with Crippen molar-refractivity contribution in [3.05, 3.63) is 77.6 Å². The zero-order valence-electron chi connectivity index (χ0n) is 13.0. The molecule has 0 aliphatic heterocycles. The number of nitrogens with one attached hydrogen (secondary N) is 2. The van der Waals surface area contributed by atoms with Gasteiger partial charge in [-0.3, -0.25) is 4.79 Å². The van der Waals surface area contributed by atoms with Crippen LogP contribution in [0.15, 0.2) is 60.8 Å². The molecule has 0 aliphatic rings. The Hall–Kier alpha value is -2.88. The molecule has 2 N–H and O–H groups in total. The molecule has 3 rings (SSSR count). The number of carbonyl (C=O) groups is 1. The van der Waals surface area contributed by atoms with E-state index >= 15 is 0 Å². The van der Waals surface area contributed by atoms with Gasteiger partial charge in [0.15, 0.2) is 0 Å². The Labute approximate surface area is 135 Å². The number of aromatic nitrogens is 2. The van der Waals surface area contributed by atoms with Crippen molar-refractivity contribution in [2.75, 3.05) is 6.54 Å². The molecule has 2 aromatic carbocycles. The summed E-state index contributed by atoms with van der Waals surface area (Å²) in [6.45, 7) is 2.63. The lowest BCUT2D eigenvalue weighted by molar-refractivity contribution is 0.0954. The van der Waals surface area contributed by atoms with E-state index in [1.165, 1.54) is 5.56 Å². The van der Waals surface area contributed by atoms with E-state index in [-0.39, 0.29) is 5.91 Å². The quantitative estimate of drug-likeness (QED) is 0.759. The summed E-state index contributed by atoms with van der Waals surface area (Å²) < 4.78 is 0. The molecular formula is C19H19N3O. The van der Waals surface area contributed by atoms with Gasteiger partial charge in [-0.25, -0.2) is 4.98 Å². The van der Waals surface area contributed by atoms with Crippen molar-refractivity contribution in [1.29, 1.82) is 0 Å². The number of nitrogens with zero attached hydrogens (tertiary/aromatic N) is 1. The lowest BCUT2D eigenvalue weighted by Gasteiger charge is -2.04. The summed E-state index contributed by atoms with van der Waals surface area (Å²) in [5.74, 6) is 0.804. The molecule has 0 bridgehead atoms. The summed E-state index contributed by atoms with van der Waals surface area (Å²) in [6.07, 6.45) is 2.54. The van der Waals surface area contributed by atoms with Crippen LogP contribution in [-0.4, -0.2) is 22.4 Å². The summed E-state index contributed by atoms with van der Waals surface area (Å²) in [6, 6.07) is 17.5. The molecule has 4 nitrogen and oxygen atoms in total. The molecule has 1 aromatic heterocycles. The van der Waals surface area contributed by atoms with Gasteiger partial charge in [0, 0.05) is 36.0 Å². The van der Waals surface area contributed by atoms with Gasteiger partial charge in [0.05, 0.1) is 0 Å². The first-order valence-corrected chi connectivity index (χ1v) is 7.66. The normalized spacial score (nSPS) is 10.5. The number of carbonyl (C=O) groups excluding carboxylic acids is 1. The van der Waals surface area contributed by atoms with Gasteiger partial charge in [-0.1, -0.05) is 48.0 Å². The minimum atomic E-state index is -0.0520. The molecule has 0 spiro atoms. The fourth-order valence-corrected chi connectivity index (χ4v) is 2.35. The standard InChI is InChI=1S/C19H19N3O/c1-14-7-9-15(10-8-14)18-21-13-17(22-18)11-12-20-19(23)16-5-3-2-4-6-16/h2-10,13H,11-12H2,1H3,(H,20,23)(H,21,22). The summed E-state index contributed by atoms with van der Waals surface area (Å²) in [5.41, 5.74) is 3.98. The van der Waals surface area contributed by atoms with Crippen molar-refractivity contribution in [3.8, 4) is 11.4 Å². The number of H-pyrrole nitrogens is 1. The Balaban J connectivity index is 1.55. The molecule has 0 aliphatic carbocycles. The summed E-state index contributed by atoms with van der Waals surface area (Å²) >= 11 is 0. The highest BCUT2D eigenvalue weighted by atomic mass is 16.1. The van der Waals surface area contributed by atoms with Crippen LogP contribution < -0.4 is 5.32 Å². The van der Waals surface area contributed by atoms with Crippen molar-refractivity contribution in [1.82, 2.24) is 15.3 Å². The molecule has 1 amide bonds. The Morgan fingerprint density at radius 1 is 1.09 bits per heavy atom. The average molecular weight is 305 g/mol. The minimum absolute atomic E-state index is 0.0520. The van der Waals surface area contributed by atoms with Crippen LogP contribution in [-0.2, 0) is 6.42 Å². The monoisotopic (exact) mass is 305 g/mol. The highest BCUT2D eigenvalue weighted by Crippen LogP contribution is 2.16. The Morgan fingerprint density at radius 3 is 2.57 bits per heavy atom. The Bertz CT molecular complexity index is 776. The second kappa shape index (κ2) is 6.92. The minimum Gasteiger partial charge on any atom is -0.352 e. The number of imidazole rings is 1. The Morgan fingerprint density at radius 2 is 1.83 bits per heavy atom. The van der Waals surface area contributed by atoms with E-state index < -0.39 is 0 Å². The number of benzene rings is 2. The molecule has 23 heavy (non-hydrogen) atoms. The maximum Gasteiger partial charge on any atom is 0.251 e. The van der Waals surface area contributed by atoms with Crippen molar-refractivity contribution in [2.45, 2.75) is 13.3 Å². The van der Waals surface area contributed by atoms with Gasteiger partial charge in [0.1, 0.15) is 5.82 Å². The van der Waals surface area contributed by atoms with Crippen LogP contribution in [0.3, 0.4) is 0 Å². The van der Waals surface area contributed by atoms with Crippen LogP contribution in [0.4, 0.5) is 0 Å². The Kier molecular flexibility index (Phi) is 4.52. The predicted octanol–water partition coefficient (Wildman–Crippen LogP) is 3.36. The molecule has 1 heterocycles. The summed E-state index contributed by atoms with van der Waals surface area (Å²) in [5, 5.41) is 2.92. The van der Waals surface area contributed by atoms with E-state index in [1.54, 1.807) is 12.1 Å². The van der Waals surface area contributed by atoms with Gasteiger partial charge in [-0.2, -0.15) is 0 Å². The smallest absolute Gasteiger partial charge is 0.251 e. The predicted molar refractivity (Wildman–Crippen MR) is 91.2 cm³/mol. The number of amides is 1. The second-order valence-electron chi connectivity index (χ2n) is 5.49. The SMILES string of the molecule is Cc1ccc(-c2ncc(CCNC(=O)c3ccccc3)[nH]2)cc1. The van der Waals surface area contributed by atoms with Gasteiger partial charge in [0.25, 0.3) is 5.91 Å². The van der Waals surface area contributed by atoms with E-state index in [4.69, 9.17) is 0 Å². The zero-order chi connectivity index (χ0) is 16.1. The molecular weight excluding hydrogens is 286 g/mol. The van der Waals surface area contributed by atoms with Crippen molar-refractivity contribution >= 4 is 5.91 Å².